The summed E-state index contributed by atoms with van der Waals surface area (Å²) in [5.41, 5.74) is 11.0. The maximum Gasteiger partial charge on any atom is 0.164 e. The molecule has 246 valence electrons. The molecule has 0 unspecified atom stereocenters. The van der Waals surface area contributed by atoms with Gasteiger partial charge in [-0.2, -0.15) is 0 Å². The summed E-state index contributed by atoms with van der Waals surface area (Å²) in [5, 5.41) is 0. The summed E-state index contributed by atoms with van der Waals surface area (Å²) in [5.74, 6) is 1.84. The zero-order valence-electron chi connectivity index (χ0n) is 29.5. The van der Waals surface area contributed by atoms with Crippen molar-refractivity contribution in [1.82, 2.24) is 24.9 Å². The fraction of sp³-hybridized carbons (Fsp3) is 0.178. The van der Waals surface area contributed by atoms with E-state index in [4.69, 9.17) is 24.9 Å². The van der Waals surface area contributed by atoms with E-state index in [1.165, 1.54) is 11.1 Å². The quantitative estimate of drug-likeness (QED) is 0.179. The third-order valence-corrected chi connectivity index (χ3v) is 8.91. The molecule has 0 fully saturated rings. The fourth-order valence-electron chi connectivity index (χ4n) is 5.90. The lowest BCUT2D eigenvalue weighted by Crippen LogP contribution is -2.16. The normalized spacial score (nSPS) is 11.8. The van der Waals surface area contributed by atoms with Crippen LogP contribution in [-0.2, 0) is 10.8 Å². The van der Waals surface area contributed by atoms with Gasteiger partial charge in [0, 0.05) is 27.8 Å². The van der Waals surface area contributed by atoms with Gasteiger partial charge in [-0.25, -0.2) is 15.0 Å². The van der Waals surface area contributed by atoms with Crippen molar-refractivity contribution in [1.29, 1.82) is 0 Å². The van der Waals surface area contributed by atoms with Crippen LogP contribution in [0.5, 0.6) is 0 Å². The molecule has 7 rings (SSSR count). The van der Waals surface area contributed by atoms with E-state index >= 15 is 0 Å². The van der Waals surface area contributed by atoms with Gasteiger partial charge < -0.3 is 0 Å². The molecular formula is C45H41N5. The highest BCUT2D eigenvalue weighted by atomic mass is 15.0. The number of nitrogens with zero attached hydrogens (tertiary/aromatic N) is 5. The van der Waals surface area contributed by atoms with Gasteiger partial charge in [0.2, 0.25) is 0 Å². The largest absolute Gasteiger partial charge is 0.252 e. The number of benzene rings is 5. The van der Waals surface area contributed by atoms with Gasteiger partial charge in [0.15, 0.2) is 17.5 Å². The van der Waals surface area contributed by atoms with Crippen LogP contribution in [0.2, 0.25) is 0 Å². The Balaban J connectivity index is 1.46. The zero-order valence-corrected chi connectivity index (χ0v) is 29.5. The molecule has 7 aromatic rings. The van der Waals surface area contributed by atoms with Crippen molar-refractivity contribution in [3.8, 4) is 67.8 Å². The Hall–Kier alpha value is -5.81. The highest BCUT2D eigenvalue weighted by molar-refractivity contribution is 5.80. The SMILES string of the molecule is CC(C)(C)c1cc(-c2cc(-c3cnc(-c4ccccc4)cn3)cc(-c3nc(-c4ccccc4)nc(-c4ccccc4)n3)c2)cc(C(C)(C)C)c1. The standard InChI is InChI=1S/C45H41N5/c1-44(2,3)37-25-34(26-38(27-37)45(4,5)6)33-22-35(40-29-46-39(28-47-40)30-16-10-7-11-17-30)24-36(23-33)43-49-41(31-18-12-8-13-19-31)48-42(50-43)32-20-14-9-15-21-32/h7-29H,1-6H3. The average Bonchev–Trinajstić information content (AvgIpc) is 3.15. The van der Waals surface area contributed by atoms with Crippen LogP contribution in [-0.4, -0.2) is 24.9 Å². The molecule has 5 aromatic carbocycles. The van der Waals surface area contributed by atoms with Gasteiger partial charge in [0.25, 0.3) is 0 Å². The molecule has 5 nitrogen and oxygen atoms in total. The first-order valence-electron chi connectivity index (χ1n) is 17.1. The van der Waals surface area contributed by atoms with Crippen molar-refractivity contribution < 1.29 is 0 Å². The van der Waals surface area contributed by atoms with Gasteiger partial charge in [-0.1, -0.05) is 151 Å². The van der Waals surface area contributed by atoms with Crippen LogP contribution >= 0.6 is 0 Å². The highest BCUT2D eigenvalue weighted by Gasteiger charge is 2.22. The molecule has 2 aromatic heterocycles. The fourth-order valence-corrected chi connectivity index (χ4v) is 5.90. The minimum absolute atomic E-state index is 0.0292. The Bertz CT molecular complexity index is 2160. The molecule has 0 N–H and O–H groups in total. The molecule has 0 aliphatic carbocycles. The summed E-state index contributed by atoms with van der Waals surface area (Å²) < 4.78 is 0. The lowest BCUT2D eigenvalue weighted by Gasteiger charge is -2.26. The third kappa shape index (κ3) is 7.13. The summed E-state index contributed by atoms with van der Waals surface area (Å²) in [6.07, 6.45) is 3.70. The molecule has 0 bridgehead atoms. The molecule has 0 saturated carbocycles. The van der Waals surface area contributed by atoms with E-state index in [0.29, 0.717) is 17.5 Å². The van der Waals surface area contributed by atoms with Crippen LogP contribution in [0.3, 0.4) is 0 Å². The Morgan fingerprint density at radius 2 is 0.700 bits per heavy atom. The van der Waals surface area contributed by atoms with Crippen molar-refractivity contribution in [2.24, 2.45) is 0 Å². The third-order valence-electron chi connectivity index (χ3n) is 8.91. The van der Waals surface area contributed by atoms with Gasteiger partial charge in [0.05, 0.1) is 23.8 Å². The topological polar surface area (TPSA) is 64.5 Å². The number of aromatic nitrogens is 5. The second kappa shape index (κ2) is 13.2. The van der Waals surface area contributed by atoms with Crippen LogP contribution < -0.4 is 0 Å². The molecule has 50 heavy (non-hydrogen) atoms. The van der Waals surface area contributed by atoms with Crippen molar-refractivity contribution in [3.05, 3.63) is 151 Å². The molecule has 0 saturated heterocycles. The van der Waals surface area contributed by atoms with E-state index in [9.17, 15) is 0 Å². The second-order valence-corrected chi connectivity index (χ2v) is 14.8. The van der Waals surface area contributed by atoms with Crippen LogP contribution in [0.15, 0.2) is 140 Å². The van der Waals surface area contributed by atoms with Crippen LogP contribution in [0, 0.1) is 0 Å². The molecule has 0 aliphatic rings. The first kappa shape index (κ1) is 32.7. The van der Waals surface area contributed by atoms with Gasteiger partial charge in [-0.15, -0.1) is 0 Å². The first-order valence-corrected chi connectivity index (χ1v) is 17.1. The van der Waals surface area contributed by atoms with Gasteiger partial charge in [-0.3, -0.25) is 9.97 Å². The van der Waals surface area contributed by atoms with Crippen molar-refractivity contribution in [2.45, 2.75) is 52.4 Å². The molecule has 0 radical (unpaired) electrons. The van der Waals surface area contributed by atoms with Gasteiger partial charge in [-0.05, 0) is 51.3 Å². The molecule has 0 atom stereocenters. The molecule has 5 heteroatoms. The van der Waals surface area contributed by atoms with E-state index in [1.54, 1.807) is 0 Å². The molecular weight excluding hydrogens is 611 g/mol. The number of hydrogen-bond donors (Lipinski definition) is 0. The maximum absolute atomic E-state index is 5.08. The molecule has 0 aliphatic heterocycles. The Kier molecular flexibility index (Phi) is 8.67. The number of rotatable bonds is 6. The van der Waals surface area contributed by atoms with E-state index < -0.39 is 0 Å². The summed E-state index contributed by atoms with van der Waals surface area (Å²) in [7, 11) is 0. The lowest BCUT2D eigenvalue weighted by atomic mass is 9.78. The first-order chi connectivity index (χ1) is 24.0. The second-order valence-electron chi connectivity index (χ2n) is 14.8. The van der Waals surface area contributed by atoms with Gasteiger partial charge in [0.1, 0.15) is 0 Å². The Morgan fingerprint density at radius 3 is 1.14 bits per heavy atom. The van der Waals surface area contributed by atoms with Crippen LogP contribution in [0.25, 0.3) is 67.8 Å². The number of hydrogen-bond acceptors (Lipinski definition) is 5. The van der Waals surface area contributed by atoms with E-state index in [1.807, 2.05) is 103 Å². The summed E-state index contributed by atoms with van der Waals surface area (Å²) in [4.78, 5) is 24.8. The van der Waals surface area contributed by atoms with E-state index in [2.05, 4.69) is 77.9 Å². The van der Waals surface area contributed by atoms with E-state index in [0.717, 1.165) is 50.3 Å². The van der Waals surface area contributed by atoms with Crippen molar-refractivity contribution >= 4 is 0 Å². The monoisotopic (exact) mass is 651 g/mol. The molecule has 2 heterocycles. The van der Waals surface area contributed by atoms with Crippen LogP contribution in [0.4, 0.5) is 0 Å². The predicted octanol–water partition coefficient (Wildman–Crippen LogP) is 11.3. The highest BCUT2D eigenvalue weighted by Crippen LogP contribution is 2.37. The van der Waals surface area contributed by atoms with E-state index in [-0.39, 0.29) is 10.8 Å². The summed E-state index contributed by atoms with van der Waals surface area (Å²) in [6, 6.07) is 43.8. The van der Waals surface area contributed by atoms with Crippen LogP contribution in [0.1, 0.15) is 52.7 Å². The maximum atomic E-state index is 5.08. The van der Waals surface area contributed by atoms with Gasteiger partial charge >= 0.3 is 0 Å². The zero-order chi connectivity index (χ0) is 34.9. The average molecular weight is 652 g/mol. The summed E-state index contributed by atoms with van der Waals surface area (Å²) >= 11 is 0. The van der Waals surface area contributed by atoms with Crippen molar-refractivity contribution in [2.75, 3.05) is 0 Å². The molecule has 0 amide bonds. The minimum atomic E-state index is -0.0292. The summed E-state index contributed by atoms with van der Waals surface area (Å²) in [6.45, 7) is 13.6. The smallest absolute Gasteiger partial charge is 0.164 e. The Morgan fingerprint density at radius 1 is 0.340 bits per heavy atom. The molecule has 0 spiro atoms. The Labute approximate surface area is 295 Å². The minimum Gasteiger partial charge on any atom is -0.252 e. The predicted molar refractivity (Wildman–Crippen MR) is 205 cm³/mol. The van der Waals surface area contributed by atoms with Crippen molar-refractivity contribution in [3.63, 3.8) is 0 Å². The lowest BCUT2D eigenvalue weighted by molar-refractivity contribution is 0.569.